The Balaban J connectivity index is 2.15. The number of carbonyl (C=O) groups is 1. The van der Waals surface area contributed by atoms with Gasteiger partial charge >= 0.3 is 6.09 Å². The van der Waals surface area contributed by atoms with Gasteiger partial charge < -0.3 is 14.9 Å². The van der Waals surface area contributed by atoms with E-state index in [4.69, 9.17) is 11.6 Å². The number of benzene rings is 1. The molecule has 1 N–H and O–H groups in total. The van der Waals surface area contributed by atoms with Crippen LogP contribution in [-0.4, -0.2) is 51.7 Å². The zero-order chi connectivity index (χ0) is 20.8. The van der Waals surface area contributed by atoms with Gasteiger partial charge in [0, 0.05) is 25.0 Å². The summed E-state index contributed by atoms with van der Waals surface area (Å²) in [6, 6.07) is 1.37. The van der Waals surface area contributed by atoms with Crippen LogP contribution in [-0.2, 0) is 0 Å². The van der Waals surface area contributed by atoms with Crippen molar-refractivity contribution in [1.82, 2.24) is 14.9 Å². The van der Waals surface area contributed by atoms with Gasteiger partial charge in [-0.05, 0) is 33.5 Å². The first-order valence-electron chi connectivity index (χ1n) is 8.76. The van der Waals surface area contributed by atoms with E-state index in [2.05, 4.69) is 32.5 Å². The molecule has 2 aromatic rings. The first-order valence-corrected chi connectivity index (χ1v) is 9.94. The predicted octanol–water partition coefficient (Wildman–Crippen LogP) is 5.04. The van der Waals surface area contributed by atoms with E-state index >= 15 is 0 Å². The standard InChI is InChI=1S/C19H21BrClFN4O2/c1-5-13-23-16-10(8-11(21)14(20)15(16)22)17(24-13)25-6-7-26(18(27)28)12(9-25)19(2,3)4/h5,8,12H,1,6-7,9H2,2-4H3,(H,27,28). The molecule has 3 rings (SSSR count). The minimum absolute atomic E-state index is 0.143. The highest BCUT2D eigenvalue weighted by atomic mass is 79.9. The zero-order valence-corrected chi connectivity index (χ0v) is 18.2. The van der Waals surface area contributed by atoms with E-state index in [1.807, 2.05) is 25.7 Å². The van der Waals surface area contributed by atoms with Gasteiger partial charge in [0.2, 0.25) is 0 Å². The smallest absolute Gasteiger partial charge is 0.407 e. The van der Waals surface area contributed by atoms with Crippen molar-refractivity contribution < 1.29 is 14.3 Å². The van der Waals surface area contributed by atoms with Gasteiger partial charge in [-0.15, -0.1) is 0 Å². The summed E-state index contributed by atoms with van der Waals surface area (Å²) in [5, 5.41) is 10.3. The quantitative estimate of drug-likeness (QED) is 0.621. The Hall–Kier alpha value is -1.93. The lowest BCUT2D eigenvalue weighted by Crippen LogP contribution is -2.59. The predicted molar refractivity (Wildman–Crippen MR) is 112 cm³/mol. The number of aromatic nitrogens is 2. The highest BCUT2D eigenvalue weighted by molar-refractivity contribution is 9.10. The molecule has 0 spiro atoms. The number of fused-ring (bicyclic) bond motifs is 1. The van der Waals surface area contributed by atoms with Gasteiger partial charge in [-0.3, -0.25) is 0 Å². The molecular formula is C19H21BrClFN4O2. The monoisotopic (exact) mass is 470 g/mol. The molecule has 0 bridgehead atoms. The summed E-state index contributed by atoms with van der Waals surface area (Å²) < 4.78 is 14.9. The summed E-state index contributed by atoms with van der Waals surface area (Å²) in [5.41, 5.74) is -0.142. The molecule has 1 aromatic heterocycles. The van der Waals surface area contributed by atoms with Gasteiger partial charge in [0.25, 0.3) is 0 Å². The molecule has 1 aromatic carbocycles. The Morgan fingerprint density at radius 1 is 1.43 bits per heavy atom. The van der Waals surface area contributed by atoms with E-state index in [0.29, 0.717) is 36.7 Å². The molecule has 150 valence electrons. The average molecular weight is 472 g/mol. The molecule has 2 heterocycles. The maximum absolute atomic E-state index is 14.8. The Labute approximate surface area is 176 Å². The van der Waals surface area contributed by atoms with Crippen molar-refractivity contribution in [2.45, 2.75) is 26.8 Å². The molecule has 1 unspecified atom stereocenters. The van der Waals surface area contributed by atoms with Crippen LogP contribution in [0.5, 0.6) is 0 Å². The van der Waals surface area contributed by atoms with E-state index in [0.717, 1.165) is 0 Å². The van der Waals surface area contributed by atoms with Gasteiger partial charge in [0.15, 0.2) is 11.6 Å². The number of halogens is 3. The molecule has 28 heavy (non-hydrogen) atoms. The van der Waals surface area contributed by atoms with Crippen LogP contribution in [0.3, 0.4) is 0 Å². The average Bonchev–Trinajstić information content (AvgIpc) is 2.64. The molecule has 1 aliphatic rings. The highest BCUT2D eigenvalue weighted by Crippen LogP contribution is 2.37. The van der Waals surface area contributed by atoms with E-state index in [1.54, 1.807) is 6.07 Å². The first-order chi connectivity index (χ1) is 13.0. The molecule has 9 heteroatoms. The first kappa shape index (κ1) is 20.8. The number of hydrogen-bond donors (Lipinski definition) is 1. The Morgan fingerprint density at radius 2 is 2.11 bits per heavy atom. The van der Waals surface area contributed by atoms with Crippen LogP contribution in [0.15, 0.2) is 17.1 Å². The van der Waals surface area contributed by atoms with Crippen LogP contribution >= 0.6 is 27.5 Å². The summed E-state index contributed by atoms with van der Waals surface area (Å²) >= 11 is 9.32. The fraction of sp³-hybridized carbons (Fsp3) is 0.421. The molecule has 6 nitrogen and oxygen atoms in total. The van der Waals surface area contributed by atoms with E-state index < -0.39 is 11.9 Å². The van der Waals surface area contributed by atoms with Crippen molar-refractivity contribution in [3.63, 3.8) is 0 Å². The number of rotatable bonds is 2. The fourth-order valence-corrected chi connectivity index (χ4v) is 3.95. The molecule has 1 atom stereocenters. The van der Waals surface area contributed by atoms with Gasteiger partial charge in [-0.2, -0.15) is 0 Å². The summed E-state index contributed by atoms with van der Waals surface area (Å²) in [6.45, 7) is 10.9. The minimum Gasteiger partial charge on any atom is -0.465 e. The second-order valence-corrected chi connectivity index (χ2v) is 9.00. The molecule has 0 aliphatic carbocycles. The van der Waals surface area contributed by atoms with Crippen LogP contribution < -0.4 is 4.90 Å². The second-order valence-electron chi connectivity index (χ2n) is 7.80. The second kappa shape index (κ2) is 7.48. The van der Waals surface area contributed by atoms with Crippen molar-refractivity contribution in [2.24, 2.45) is 5.41 Å². The third-order valence-corrected chi connectivity index (χ3v) is 6.23. The summed E-state index contributed by atoms with van der Waals surface area (Å²) in [5.74, 6) is 0.252. The lowest BCUT2D eigenvalue weighted by atomic mass is 9.84. The third kappa shape index (κ3) is 3.67. The SMILES string of the molecule is C=Cc1nc(N2CCN(C(=O)O)C(C(C)(C)C)C2)c2cc(Cl)c(Br)c(F)c2n1. The molecular weight excluding hydrogens is 451 g/mol. The largest absolute Gasteiger partial charge is 0.465 e. The van der Waals surface area contributed by atoms with Gasteiger partial charge in [0.05, 0.1) is 15.5 Å². The van der Waals surface area contributed by atoms with Crippen LogP contribution in [0, 0.1) is 11.2 Å². The van der Waals surface area contributed by atoms with Crippen molar-refractivity contribution in [3.05, 3.63) is 33.8 Å². The van der Waals surface area contributed by atoms with Crippen molar-refractivity contribution in [1.29, 1.82) is 0 Å². The molecule has 1 amide bonds. The van der Waals surface area contributed by atoms with Crippen LogP contribution in [0.1, 0.15) is 26.6 Å². The topological polar surface area (TPSA) is 69.6 Å². The number of hydrogen-bond acceptors (Lipinski definition) is 4. The lowest BCUT2D eigenvalue weighted by Gasteiger charge is -2.46. The zero-order valence-electron chi connectivity index (χ0n) is 15.8. The van der Waals surface area contributed by atoms with Crippen molar-refractivity contribution >= 4 is 56.4 Å². The number of carboxylic acid groups (broad SMARTS) is 1. The maximum atomic E-state index is 14.8. The highest BCUT2D eigenvalue weighted by Gasteiger charge is 2.39. The molecule has 0 radical (unpaired) electrons. The summed E-state index contributed by atoms with van der Waals surface area (Å²) in [6.07, 6.45) is 0.511. The number of nitrogens with zero attached hydrogens (tertiary/aromatic N) is 4. The van der Waals surface area contributed by atoms with Gasteiger partial charge in [-0.25, -0.2) is 19.2 Å². The van der Waals surface area contributed by atoms with Gasteiger partial charge in [0.1, 0.15) is 11.3 Å². The Kier molecular flexibility index (Phi) is 5.55. The molecule has 1 aliphatic heterocycles. The summed E-state index contributed by atoms with van der Waals surface area (Å²) in [7, 11) is 0. The van der Waals surface area contributed by atoms with Crippen LogP contribution in [0.25, 0.3) is 17.0 Å². The summed E-state index contributed by atoms with van der Waals surface area (Å²) in [4.78, 5) is 23.9. The molecule has 1 saturated heterocycles. The molecule has 1 fully saturated rings. The van der Waals surface area contributed by atoms with E-state index in [-0.39, 0.29) is 26.5 Å². The van der Waals surface area contributed by atoms with Crippen LogP contribution in [0.2, 0.25) is 5.02 Å². The van der Waals surface area contributed by atoms with Crippen molar-refractivity contribution in [3.8, 4) is 0 Å². The number of amides is 1. The third-order valence-electron chi connectivity index (χ3n) is 4.93. The minimum atomic E-state index is -0.947. The van der Waals surface area contributed by atoms with Gasteiger partial charge in [-0.1, -0.05) is 39.0 Å². The normalized spacial score (nSPS) is 17.9. The lowest BCUT2D eigenvalue weighted by molar-refractivity contribution is 0.0747. The number of piperazine rings is 1. The van der Waals surface area contributed by atoms with Crippen molar-refractivity contribution in [2.75, 3.05) is 24.5 Å². The van der Waals surface area contributed by atoms with Crippen LogP contribution in [0.4, 0.5) is 15.0 Å². The fourth-order valence-electron chi connectivity index (χ4n) is 3.45. The van der Waals surface area contributed by atoms with E-state index in [9.17, 15) is 14.3 Å². The maximum Gasteiger partial charge on any atom is 0.407 e. The Morgan fingerprint density at radius 3 is 2.68 bits per heavy atom. The van der Waals surface area contributed by atoms with E-state index in [1.165, 1.54) is 11.0 Å². The Bertz CT molecular complexity index is 963. The number of anilines is 1. The molecule has 0 saturated carbocycles.